The molecule has 0 bridgehead atoms. The maximum Gasteiger partial charge on any atom is 0.261 e. The number of likely N-dealkylation sites (tertiary alicyclic amines) is 2. The molecule has 2 aromatic carbocycles. The van der Waals surface area contributed by atoms with Crippen LogP contribution in [0.2, 0.25) is 10.0 Å². The van der Waals surface area contributed by atoms with Crippen LogP contribution in [0, 0.1) is 0 Å². The highest BCUT2D eigenvalue weighted by molar-refractivity contribution is 8.13. The molecule has 11 heteroatoms. The first-order valence-electron chi connectivity index (χ1n) is 9.44. The Bertz CT molecular complexity index is 1100. The summed E-state index contributed by atoms with van der Waals surface area (Å²) in [5, 5.41) is 0.685. The van der Waals surface area contributed by atoms with Gasteiger partial charge in [0.05, 0.1) is 4.90 Å². The van der Waals surface area contributed by atoms with Crippen LogP contribution in [0.25, 0.3) is 0 Å². The standard InChI is InChI=1S/C10H9Cl2NO3S.C10H11ClN2O/c11-8-4-7(10(14)13-2-1-3-13)5-9(6-8)17(12,15)16;11-8-4-7(5-9(12)6-8)10(14)13-2-1-3-13/h4-6H,1-3H2;4-6H,1-3,12H2. The van der Waals surface area contributed by atoms with Crippen molar-refractivity contribution in [1.29, 1.82) is 0 Å². The minimum atomic E-state index is -3.88. The van der Waals surface area contributed by atoms with Crippen molar-refractivity contribution in [3.8, 4) is 0 Å². The highest BCUT2D eigenvalue weighted by Gasteiger charge is 2.24. The normalized spacial score (nSPS) is 15.3. The Balaban J connectivity index is 0.000000179. The number of amides is 2. The minimum absolute atomic E-state index is 0.0189. The minimum Gasteiger partial charge on any atom is -0.399 e. The van der Waals surface area contributed by atoms with E-state index in [1.807, 2.05) is 0 Å². The summed E-state index contributed by atoms with van der Waals surface area (Å²) >= 11 is 11.6. The maximum absolute atomic E-state index is 11.9. The lowest BCUT2D eigenvalue weighted by Gasteiger charge is -2.31. The van der Waals surface area contributed by atoms with Crippen LogP contribution in [0.4, 0.5) is 5.69 Å². The van der Waals surface area contributed by atoms with E-state index >= 15 is 0 Å². The molecular formula is C20H20Cl3N3O4S. The summed E-state index contributed by atoms with van der Waals surface area (Å²) < 4.78 is 22.4. The zero-order valence-electron chi connectivity index (χ0n) is 16.4. The van der Waals surface area contributed by atoms with E-state index in [2.05, 4.69) is 0 Å². The molecular weight excluding hydrogens is 485 g/mol. The molecule has 31 heavy (non-hydrogen) atoms. The van der Waals surface area contributed by atoms with Crippen molar-refractivity contribution < 1.29 is 18.0 Å². The second kappa shape index (κ2) is 9.65. The number of rotatable bonds is 3. The lowest BCUT2D eigenvalue weighted by Crippen LogP contribution is -2.42. The predicted molar refractivity (Wildman–Crippen MR) is 121 cm³/mol. The third-order valence-corrected chi connectivity index (χ3v) is 6.62. The molecule has 166 valence electrons. The highest BCUT2D eigenvalue weighted by atomic mass is 35.7. The van der Waals surface area contributed by atoms with Gasteiger partial charge in [0.25, 0.3) is 20.9 Å². The van der Waals surface area contributed by atoms with E-state index in [0.717, 1.165) is 25.9 Å². The Morgan fingerprint density at radius 3 is 1.61 bits per heavy atom. The molecule has 0 saturated carbocycles. The topological polar surface area (TPSA) is 101 Å². The van der Waals surface area contributed by atoms with Crippen molar-refractivity contribution in [1.82, 2.24) is 9.80 Å². The van der Waals surface area contributed by atoms with Gasteiger partial charge < -0.3 is 15.5 Å². The Hall–Kier alpha value is -2.00. The average Bonchev–Trinajstić information content (AvgIpc) is 2.57. The van der Waals surface area contributed by atoms with Crippen LogP contribution in [0.1, 0.15) is 33.6 Å². The quantitative estimate of drug-likeness (QED) is 0.505. The molecule has 2 aliphatic rings. The molecule has 0 radical (unpaired) electrons. The van der Waals surface area contributed by atoms with Gasteiger partial charge in [0.1, 0.15) is 0 Å². The van der Waals surface area contributed by atoms with Gasteiger partial charge in [0, 0.05) is 63.7 Å². The molecule has 2 aliphatic heterocycles. The summed E-state index contributed by atoms with van der Waals surface area (Å²) in [6, 6.07) is 8.85. The van der Waals surface area contributed by atoms with Crippen LogP contribution in [-0.4, -0.2) is 56.2 Å². The molecule has 4 rings (SSSR count). The monoisotopic (exact) mass is 503 g/mol. The second-order valence-electron chi connectivity index (χ2n) is 7.18. The number of carbonyl (C=O) groups is 2. The third kappa shape index (κ3) is 6.04. The number of hydrogen-bond donors (Lipinski definition) is 1. The van der Waals surface area contributed by atoms with Gasteiger partial charge in [-0.1, -0.05) is 23.2 Å². The fraction of sp³-hybridized carbons (Fsp3) is 0.300. The van der Waals surface area contributed by atoms with Gasteiger partial charge in [-0.3, -0.25) is 9.59 Å². The Kier molecular flexibility index (Phi) is 7.36. The zero-order valence-corrected chi connectivity index (χ0v) is 19.4. The van der Waals surface area contributed by atoms with Crippen LogP contribution in [0.5, 0.6) is 0 Å². The van der Waals surface area contributed by atoms with Crippen molar-refractivity contribution in [3.63, 3.8) is 0 Å². The van der Waals surface area contributed by atoms with E-state index in [4.69, 9.17) is 39.6 Å². The summed E-state index contributed by atoms with van der Waals surface area (Å²) in [6.07, 6.45) is 2.05. The molecule has 7 nitrogen and oxygen atoms in total. The second-order valence-corrected chi connectivity index (χ2v) is 10.6. The number of benzene rings is 2. The summed E-state index contributed by atoms with van der Waals surface area (Å²) in [5.41, 5.74) is 6.96. The average molecular weight is 505 g/mol. The highest BCUT2D eigenvalue weighted by Crippen LogP contribution is 2.24. The van der Waals surface area contributed by atoms with Crippen molar-refractivity contribution in [3.05, 3.63) is 57.6 Å². The largest absolute Gasteiger partial charge is 0.399 e. The Morgan fingerprint density at radius 1 is 0.774 bits per heavy atom. The predicted octanol–water partition coefficient (Wildman–Crippen LogP) is 3.88. The molecule has 2 saturated heterocycles. The van der Waals surface area contributed by atoms with Gasteiger partial charge >= 0.3 is 0 Å². The fourth-order valence-electron chi connectivity index (χ4n) is 2.97. The summed E-state index contributed by atoms with van der Waals surface area (Å²) in [7, 11) is 1.34. The van der Waals surface area contributed by atoms with Crippen molar-refractivity contribution in [2.24, 2.45) is 0 Å². The van der Waals surface area contributed by atoms with Crippen molar-refractivity contribution in [2.75, 3.05) is 31.9 Å². The molecule has 0 unspecified atom stereocenters. The number of anilines is 1. The van der Waals surface area contributed by atoms with Gasteiger partial charge in [-0.25, -0.2) is 8.42 Å². The molecule has 0 spiro atoms. The zero-order chi connectivity index (χ0) is 22.8. The van der Waals surface area contributed by atoms with Crippen LogP contribution in [0.3, 0.4) is 0 Å². The first-order valence-corrected chi connectivity index (χ1v) is 12.5. The van der Waals surface area contributed by atoms with E-state index in [9.17, 15) is 18.0 Å². The van der Waals surface area contributed by atoms with E-state index < -0.39 is 9.05 Å². The molecule has 2 N–H and O–H groups in total. The summed E-state index contributed by atoms with van der Waals surface area (Å²) in [5.74, 6) is -0.203. The summed E-state index contributed by atoms with van der Waals surface area (Å²) in [6.45, 7) is 3.05. The van der Waals surface area contributed by atoms with Crippen LogP contribution < -0.4 is 5.73 Å². The number of nitrogens with zero attached hydrogens (tertiary/aromatic N) is 2. The fourth-order valence-corrected chi connectivity index (χ4v) is 4.31. The van der Waals surface area contributed by atoms with Crippen LogP contribution in [0.15, 0.2) is 41.3 Å². The SMILES string of the molecule is Nc1cc(Cl)cc(C(=O)N2CCC2)c1.O=C(c1cc(Cl)cc(S(=O)(=O)Cl)c1)N1CCC1. The molecule has 0 aromatic heterocycles. The number of carbonyl (C=O) groups excluding carboxylic acids is 2. The van der Waals surface area contributed by atoms with Gasteiger partial charge in [-0.05, 0) is 49.2 Å². The van der Waals surface area contributed by atoms with Gasteiger partial charge in [0.15, 0.2) is 0 Å². The third-order valence-electron chi connectivity index (χ3n) is 4.85. The summed E-state index contributed by atoms with van der Waals surface area (Å²) in [4.78, 5) is 26.9. The first kappa shape index (κ1) is 23.7. The van der Waals surface area contributed by atoms with Crippen LogP contribution >= 0.6 is 33.9 Å². The molecule has 0 aliphatic carbocycles. The lowest BCUT2D eigenvalue weighted by molar-refractivity contribution is 0.0644. The van der Waals surface area contributed by atoms with Gasteiger partial charge in [0.2, 0.25) is 0 Å². The van der Waals surface area contributed by atoms with Crippen molar-refractivity contribution >= 4 is 60.4 Å². The number of nitrogens with two attached hydrogens (primary N) is 1. The van der Waals surface area contributed by atoms with E-state index in [1.54, 1.807) is 28.0 Å². The Morgan fingerprint density at radius 2 is 1.23 bits per heavy atom. The lowest BCUT2D eigenvalue weighted by atomic mass is 10.1. The Labute approximate surface area is 195 Å². The smallest absolute Gasteiger partial charge is 0.261 e. The van der Waals surface area contributed by atoms with E-state index in [1.165, 1.54) is 18.2 Å². The van der Waals surface area contributed by atoms with Gasteiger partial charge in [-0.2, -0.15) is 0 Å². The number of nitrogen functional groups attached to an aromatic ring is 1. The van der Waals surface area contributed by atoms with Gasteiger partial charge in [-0.15, -0.1) is 0 Å². The van der Waals surface area contributed by atoms with Crippen molar-refractivity contribution in [2.45, 2.75) is 17.7 Å². The molecule has 2 aromatic rings. The molecule has 0 atom stereocenters. The number of hydrogen-bond acceptors (Lipinski definition) is 5. The first-order chi connectivity index (χ1) is 14.5. The molecule has 2 heterocycles. The number of halogens is 3. The van der Waals surface area contributed by atoms with Crippen LogP contribution in [-0.2, 0) is 9.05 Å². The van der Waals surface area contributed by atoms with E-state index in [0.29, 0.717) is 29.4 Å². The molecule has 2 fully saturated rings. The maximum atomic E-state index is 11.9. The van der Waals surface area contributed by atoms with E-state index in [-0.39, 0.29) is 27.3 Å². The molecule has 2 amide bonds.